The van der Waals surface area contributed by atoms with Crippen LogP contribution in [0.5, 0.6) is 11.5 Å². The molecular weight excluding hydrogens is 701 g/mol. The summed E-state index contributed by atoms with van der Waals surface area (Å²) in [6.07, 6.45) is 24.5. The molecule has 9 rings (SSSR count). The molecule has 0 fully saturated rings. The summed E-state index contributed by atoms with van der Waals surface area (Å²) in [6.45, 7) is 6.59. The topological polar surface area (TPSA) is 58.9 Å². The highest BCUT2D eigenvalue weighted by molar-refractivity contribution is 6.11. The standard InChI is InChI=1S/C53H50O4/c1-3-11-40-34(4-2)32-48(46-16-9-7-14-44(40)46)38-18-22-42-36(30-38)20-24-50(56-28-26-54)52(42)53-43-23-19-39(31-37(43)21-25-51(53)57-29-27-55)49-33-35-12-5-6-13-41(35)45-15-8-10-17-47(45)49/h4-5,9-10,12,16-25,30-33,54-55H,2-3,6-8,11,13-15,26-29H2,1H3. The van der Waals surface area contributed by atoms with Crippen LogP contribution in [0.4, 0.5) is 0 Å². The highest BCUT2D eigenvalue weighted by Crippen LogP contribution is 2.48. The van der Waals surface area contributed by atoms with Crippen LogP contribution in [0.2, 0.25) is 0 Å². The molecule has 0 aromatic heterocycles. The number of hydrogen-bond acceptors (Lipinski definition) is 4. The average molecular weight is 751 g/mol. The highest BCUT2D eigenvalue weighted by Gasteiger charge is 2.24. The van der Waals surface area contributed by atoms with E-state index < -0.39 is 0 Å². The van der Waals surface area contributed by atoms with E-state index in [1.54, 1.807) is 0 Å². The Labute approximate surface area is 336 Å². The Morgan fingerprint density at radius 1 is 0.614 bits per heavy atom. The monoisotopic (exact) mass is 750 g/mol. The first-order chi connectivity index (χ1) is 28.1. The van der Waals surface area contributed by atoms with Crippen molar-refractivity contribution in [3.05, 3.63) is 142 Å². The fourth-order valence-electron chi connectivity index (χ4n) is 9.56. The van der Waals surface area contributed by atoms with Crippen molar-refractivity contribution in [2.75, 3.05) is 26.4 Å². The number of ether oxygens (including phenoxy) is 2. The molecule has 0 bridgehead atoms. The Hall–Kier alpha value is -5.68. The smallest absolute Gasteiger partial charge is 0.128 e. The zero-order valence-electron chi connectivity index (χ0n) is 32.9. The molecule has 4 heteroatoms. The molecule has 286 valence electrons. The molecule has 2 N–H and O–H groups in total. The Bertz CT molecular complexity index is 2640. The molecular formula is C53H50O4. The molecule has 3 aliphatic carbocycles. The van der Waals surface area contributed by atoms with Gasteiger partial charge in [-0.25, -0.2) is 0 Å². The molecule has 6 aromatic rings. The van der Waals surface area contributed by atoms with Gasteiger partial charge < -0.3 is 19.7 Å². The SMILES string of the molecule is C=Cc1cc(-c2ccc3c(-c4c(OCCO)ccc5cc(-c6cc7c(c8c6C=CCC8)CCC=C7)ccc45)c(OCCO)ccc3c2)c2c(c1CCC)CCC=C2. The zero-order valence-corrected chi connectivity index (χ0v) is 32.9. The Kier molecular flexibility index (Phi) is 10.4. The minimum atomic E-state index is -0.101. The van der Waals surface area contributed by atoms with E-state index in [0.29, 0.717) is 11.5 Å². The normalized spacial score (nSPS) is 14.1. The fraction of sp³-hybridized carbons (Fsp3) is 0.245. The average Bonchev–Trinajstić information content (AvgIpc) is 3.26. The van der Waals surface area contributed by atoms with Crippen LogP contribution in [0.3, 0.4) is 0 Å². The van der Waals surface area contributed by atoms with Gasteiger partial charge in [-0.15, -0.1) is 0 Å². The summed E-state index contributed by atoms with van der Waals surface area (Å²) in [5, 5.41) is 24.0. The van der Waals surface area contributed by atoms with E-state index in [0.717, 1.165) is 89.6 Å². The Balaban J connectivity index is 1.24. The number of aliphatic hydroxyl groups excluding tert-OH is 2. The van der Waals surface area contributed by atoms with Crippen LogP contribution < -0.4 is 9.47 Å². The molecule has 6 aromatic carbocycles. The summed E-state index contributed by atoms with van der Waals surface area (Å²) in [7, 11) is 0. The van der Waals surface area contributed by atoms with Crippen LogP contribution in [-0.4, -0.2) is 36.6 Å². The maximum absolute atomic E-state index is 9.90. The van der Waals surface area contributed by atoms with E-state index in [1.165, 1.54) is 61.2 Å². The van der Waals surface area contributed by atoms with Crippen LogP contribution in [0.25, 0.3) is 79.2 Å². The third kappa shape index (κ3) is 6.71. The minimum absolute atomic E-state index is 0.100. The molecule has 0 spiro atoms. The van der Waals surface area contributed by atoms with E-state index in [9.17, 15) is 10.2 Å². The molecule has 0 aliphatic heterocycles. The predicted molar refractivity (Wildman–Crippen MR) is 239 cm³/mol. The molecule has 0 heterocycles. The number of hydrogen-bond donors (Lipinski definition) is 2. The number of rotatable bonds is 12. The number of benzene rings is 6. The maximum atomic E-state index is 9.90. The maximum Gasteiger partial charge on any atom is 0.128 e. The second-order valence-electron chi connectivity index (χ2n) is 15.4. The quantitative estimate of drug-likeness (QED) is 0.131. The van der Waals surface area contributed by atoms with Gasteiger partial charge in [0.25, 0.3) is 0 Å². The number of allylic oxidation sites excluding steroid dienone is 3. The highest BCUT2D eigenvalue weighted by atomic mass is 16.5. The van der Waals surface area contributed by atoms with E-state index in [-0.39, 0.29) is 26.4 Å². The van der Waals surface area contributed by atoms with Crippen LogP contribution in [0, 0.1) is 0 Å². The molecule has 57 heavy (non-hydrogen) atoms. The first-order valence-electron chi connectivity index (χ1n) is 20.7. The molecule has 0 radical (unpaired) electrons. The Morgan fingerprint density at radius 2 is 1.16 bits per heavy atom. The largest absolute Gasteiger partial charge is 0.491 e. The second-order valence-corrected chi connectivity index (χ2v) is 15.4. The second kappa shape index (κ2) is 16.1. The summed E-state index contributed by atoms with van der Waals surface area (Å²) < 4.78 is 12.7. The van der Waals surface area contributed by atoms with Gasteiger partial charge in [0, 0.05) is 11.1 Å². The summed E-state index contributed by atoms with van der Waals surface area (Å²) in [5.74, 6) is 1.35. The first-order valence-corrected chi connectivity index (χ1v) is 20.7. The van der Waals surface area contributed by atoms with Crippen molar-refractivity contribution in [2.45, 2.75) is 58.3 Å². The van der Waals surface area contributed by atoms with Gasteiger partial charge in [-0.05, 0) is 170 Å². The van der Waals surface area contributed by atoms with Gasteiger partial charge in [0.15, 0.2) is 0 Å². The first kappa shape index (κ1) is 36.9. The van der Waals surface area contributed by atoms with Crippen molar-refractivity contribution < 1.29 is 19.7 Å². The lowest BCUT2D eigenvalue weighted by atomic mass is 9.80. The molecule has 0 unspecified atom stereocenters. The lowest BCUT2D eigenvalue weighted by Gasteiger charge is -2.24. The van der Waals surface area contributed by atoms with E-state index in [4.69, 9.17) is 9.47 Å². The van der Waals surface area contributed by atoms with Crippen molar-refractivity contribution >= 4 is 45.8 Å². The lowest BCUT2D eigenvalue weighted by molar-refractivity contribution is 0.200. The summed E-state index contributed by atoms with van der Waals surface area (Å²) in [6, 6.07) is 26.5. The van der Waals surface area contributed by atoms with Gasteiger partial charge in [-0.3, -0.25) is 0 Å². The summed E-state index contributed by atoms with van der Waals surface area (Å²) in [5.41, 5.74) is 17.7. The van der Waals surface area contributed by atoms with Crippen LogP contribution in [-0.2, 0) is 25.7 Å². The predicted octanol–water partition coefficient (Wildman–Crippen LogP) is 12.2. The molecule has 3 aliphatic rings. The number of fused-ring (bicyclic) bond motifs is 6. The van der Waals surface area contributed by atoms with E-state index in [1.807, 2.05) is 18.2 Å². The molecule has 4 nitrogen and oxygen atoms in total. The van der Waals surface area contributed by atoms with Gasteiger partial charge in [0.1, 0.15) is 24.7 Å². The van der Waals surface area contributed by atoms with E-state index in [2.05, 4.69) is 111 Å². The van der Waals surface area contributed by atoms with Crippen molar-refractivity contribution in [1.82, 2.24) is 0 Å². The molecule has 0 atom stereocenters. The lowest BCUT2D eigenvalue weighted by Crippen LogP contribution is -2.07. The molecule has 0 saturated carbocycles. The van der Waals surface area contributed by atoms with Gasteiger partial charge in [0.05, 0.1) is 13.2 Å². The van der Waals surface area contributed by atoms with Crippen molar-refractivity contribution in [3.63, 3.8) is 0 Å². The summed E-state index contributed by atoms with van der Waals surface area (Å²) >= 11 is 0. The third-order valence-electron chi connectivity index (χ3n) is 12.1. The van der Waals surface area contributed by atoms with Crippen LogP contribution >= 0.6 is 0 Å². The minimum Gasteiger partial charge on any atom is -0.491 e. The van der Waals surface area contributed by atoms with Crippen molar-refractivity contribution in [2.24, 2.45) is 0 Å². The molecule has 0 amide bonds. The van der Waals surface area contributed by atoms with E-state index >= 15 is 0 Å². The van der Waals surface area contributed by atoms with Gasteiger partial charge in [-0.1, -0.05) is 98.9 Å². The Morgan fingerprint density at radius 3 is 1.74 bits per heavy atom. The van der Waals surface area contributed by atoms with Crippen molar-refractivity contribution in [1.29, 1.82) is 0 Å². The van der Waals surface area contributed by atoms with Gasteiger partial charge in [-0.2, -0.15) is 0 Å². The van der Waals surface area contributed by atoms with Gasteiger partial charge >= 0.3 is 0 Å². The zero-order chi connectivity index (χ0) is 38.9. The fourth-order valence-corrected chi connectivity index (χ4v) is 9.56. The summed E-state index contributed by atoms with van der Waals surface area (Å²) in [4.78, 5) is 0. The molecule has 0 saturated heterocycles. The third-order valence-corrected chi connectivity index (χ3v) is 12.1. The van der Waals surface area contributed by atoms with Crippen molar-refractivity contribution in [3.8, 4) is 44.9 Å². The number of aliphatic hydroxyl groups is 2. The van der Waals surface area contributed by atoms with Crippen LogP contribution in [0.15, 0.2) is 97.6 Å². The van der Waals surface area contributed by atoms with Crippen LogP contribution in [0.1, 0.15) is 77.1 Å². The van der Waals surface area contributed by atoms with Gasteiger partial charge in [0.2, 0.25) is 0 Å².